The second kappa shape index (κ2) is 6.40. The average Bonchev–Trinajstić information content (AvgIpc) is 2.97. The van der Waals surface area contributed by atoms with Crippen LogP contribution in [-0.4, -0.2) is 32.3 Å². The van der Waals surface area contributed by atoms with Gasteiger partial charge in [0.1, 0.15) is 5.75 Å². The van der Waals surface area contributed by atoms with Gasteiger partial charge in [0, 0.05) is 12.6 Å². The van der Waals surface area contributed by atoms with E-state index in [0.717, 1.165) is 38.3 Å². The molecular weight excluding hydrogens is 236 g/mol. The van der Waals surface area contributed by atoms with Crippen LogP contribution in [0.3, 0.4) is 0 Å². The smallest absolute Gasteiger partial charge is 0.122 e. The van der Waals surface area contributed by atoms with Gasteiger partial charge in [0.25, 0.3) is 0 Å². The van der Waals surface area contributed by atoms with Crippen LogP contribution in [0.15, 0.2) is 18.2 Å². The summed E-state index contributed by atoms with van der Waals surface area (Å²) < 4.78 is 5.65. The van der Waals surface area contributed by atoms with E-state index in [2.05, 4.69) is 28.8 Å². The number of hydrogen-bond donors (Lipinski definition) is 2. The van der Waals surface area contributed by atoms with Crippen LogP contribution in [0.5, 0.6) is 5.75 Å². The molecule has 0 aliphatic carbocycles. The lowest BCUT2D eigenvalue weighted by Gasteiger charge is -2.18. The van der Waals surface area contributed by atoms with Crippen molar-refractivity contribution in [3.05, 3.63) is 29.3 Å². The number of aryl methyl sites for hydroxylation is 1. The maximum Gasteiger partial charge on any atom is 0.122 e. The summed E-state index contributed by atoms with van der Waals surface area (Å²) >= 11 is 0. The summed E-state index contributed by atoms with van der Waals surface area (Å²) in [4.78, 5) is 0. The molecule has 0 aromatic heterocycles. The minimum Gasteiger partial charge on any atom is -0.493 e. The molecule has 2 aliphatic rings. The van der Waals surface area contributed by atoms with E-state index in [1.807, 2.05) is 0 Å². The molecule has 1 aromatic rings. The van der Waals surface area contributed by atoms with Crippen molar-refractivity contribution < 1.29 is 4.74 Å². The fourth-order valence-corrected chi connectivity index (χ4v) is 3.01. The van der Waals surface area contributed by atoms with Gasteiger partial charge < -0.3 is 15.4 Å². The summed E-state index contributed by atoms with van der Waals surface area (Å²) in [5.41, 5.74) is 2.82. The molecule has 2 aliphatic heterocycles. The molecule has 0 spiro atoms. The zero-order chi connectivity index (χ0) is 12.9. The number of fused-ring (bicyclic) bond motifs is 1. The number of ether oxygens (including phenoxy) is 1. The van der Waals surface area contributed by atoms with Crippen LogP contribution in [0.2, 0.25) is 0 Å². The molecule has 1 saturated heterocycles. The fraction of sp³-hybridized carbons (Fsp3) is 0.625. The molecule has 1 aromatic carbocycles. The average molecular weight is 260 g/mol. The molecular formula is C16H24N2O. The molecule has 104 valence electrons. The fourth-order valence-electron chi connectivity index (χ4n) is 3.01. The second-order valence-corrected chi connectivity index (χ2v) is 5.64. The van der Waals surface area contributed by atoms with E-state index in [0.29, 0.717) is 6.04 Å². The Balaban J connectivity index is 1.44. The Morgan fingerprint density at radius 3 is 3.21 bits per heavy atom. The Morgan fingerprint density at radius 2 is 2.32 bits per heavy atom. The first-order valence-electron chi connectivity index (χ1n) is 7.60. The van der Waals surface area contributed by atoms with Crippen LogP contribution in [0.4, 0.5) is 0 Å². The third-order valence-corrected chi connectivity index (χ3v) is 4.12. The highest BCUT2D eigenvalue weighted by atomic mass is 16.5. The van der Waals surface area contributed by atoms with Crippen LogP contribution >= 0.6 is 0 Å². The predicted molar refractivity (Wildman–Crippen MR) is 77.9 cm³/mol. The molecule has 2 heterocycles. The van der Waals surface area contributed by atoms with Crippen molar-refractivity contribution in [2.24, 2.45) is 0 Å². The van der Waals surface area contributed by atoms with Crippen LogP contribution in [-0.2, 0) is 12.8 Å². The minimum absolute atomic E-state index is 0.692. The van der Waals surface area contributed by atoms with E-state index in [9.17, 15) is 0 Å². The van der Waals surface area contributed by atoms with E-state index in [1.54, 1.807) is 0 Å². The summed E-state index contributed by atoms with van der Waals surface area (Å²) in [7, 11) is 0. The van der Waals surface area contributed by atoms with Crippen molar-refractivity contribution in [2.75, 3.05) is 26.2 Å². The zero-order valence-electron chi connectivity index (χ0n) is 11.6. The maximum atomic E-state index is 5.65. The van der Waals surface area contributed by atoms with E-state index in [4.69, 9.17) is 4.74 Å². The van der Waals surface area contributed by atoms with Gasteiger partial charge in [-0.2, -0.15) is 0 Å². The van der Waals surface area contributed by atoms with Crippen molar-refractivity contribution in [1.82, 2.24) is 10.6 Å². The van der Waals surface area contributed by atoms with Gasteiger partial charge in [-0.25, -0.2) is 0 Å². The van der Waals surface area contributed by atoms with Gasteiger partial charge in [-0.3, -0.25) is 0 Å². The Labute approximate surface area is 115 Å². The summed E-state index contributed by atoms with van der Waals surface area (Å²) in [6, 6.07) is 7.36. The molecule has 2 N–H and O–H groups in total. The Hall–Kier alpha value is -1.06. The highest BCUT2D eigenvalue weighted by Crippen LogP contribution is 2.25. The Bertz CT molecular complexity index is 413. The quantitative estimate of drug-likeness (QED) is 0.793. The molecule has 0 bridgehead atoms. The largest absolute Gasteiger partial charge is 0.493 e. The van der Waals surface area contributed by atoms with Gasteiger partial charge in [-0.05, 0) is 62.4 Å². The van der Waals surface area contributed by atoms with E-state index >= 15 is 0 Å². The standard InChI is InChI=1S/C16H24N2O/c1-4-15(18-8-1)12-17-9-7-13-5-6-16-14(11-13)3-2-10-19-16/h5-6,11,15,17-18H,1-4,7-10,12H2. The zero-order valence-corrected chi connectivity index (χ0v) is 11.6. The topological polar surface area (TPSA) is 33.3 Å². The number of benzene rings is 1. The summed E-state index contributed by atoms with van der Waals surface area (Å²) in [6.45, 7) is 4.24. The second-order valence-electron chi connectivity index (χ2n) is 5.64. The molecule has 0 saturated carbocycles. The Morgan fingerprint density at radius 1 is 1.32 bits per heavy atom. The van der Waals surface area contributed by atoms with Crippen molar-refractivity contribution in [1.29, 1.82) is 0 Å². The molecule has 19 heavy (non-hydrogen) atoms. The van der Waals surface area contributed by atoms with Gasteiger partial charge in [0.2, 0.25) is 0 Å². The molecule has 3 rings (SSSR count). The predicted octanol–water partition coefficient (Wildman–Crippen LogP) is 1.90. The van der Waals surface area contributed by atoms with Crippen molar-refractivity contribution >= 4 is 0 Å². The van der Waals surface area contributed by atoms with Gasteiger partial charge in [-0.15, -0.1) is 0 Å². The monoisotopic (exact) mass is 260 g/mol. The third kappa shape index (κ3) is 3.48. The highest BCUT2D eigenvalue weighted by Gasteiger charge is 2.13. The lowest BCUT2D eigenvalue weighted by atomic mass is 10.0. The number of nitrogens with one attached hydrogen (secondary N) is 2. The van der Waals surface area contributed by atoms with Gasteiger partial charge in [0.05, 0.1) is 6.61 Å². The first kappa shape index (κ1) is 12.9. The summed E-state index contributed by atoms with van der Waals surface area (Å²) in [6.07, 6.45) is 6.09. The molecule has 1 fully saturated rings. The highest BCUT2D eigenvalue weighted by molar-refractivity contribution is 5.38. The van der Waals surface area contributed by atoms with Crippen LogP contribution in [0.1, 0.15) is 30.4 Å². The molecule has 3 nitrogen and oxygen atoms in total. The summed E-state index contributed by atoms with van der Waals surface area (Å²) in [5, 5.41) is 7.08. The van der Waals surface area contributed by atoms with E-state index < -0.39 is 0 Å². The van der Waals surface area contributed by atoms with Crippen molar-refractivity contribution in [2.45, 2.75) is 38.1 Å². The van der Waals surface area contributed by atoms with Gasteiger partial charge in [0.15, 0.2) is 0 Å². The maximum absolute atomic E-state index is 5.65. The van der Waals surface area contributed by atoms with E-state index in [-0.39, 0.29) is 0 Å². The molecule has 3 heteroatoms. The molecule has 0 amide bonds. The lowest BCUT2D eigenvalue weighted by Crippen LogP contribution is -2.34. The number of hydrogen-bond acceptors (Lipinski definition) is 3. The molecule has 0 radical (unpaired) electrons. The Kier molecular flexibility index (Phi) is 4.36. The SMILES string of the molecule is c1cc2c(cc1CCNCC1CCCN1)CCCO2. The third-order valence-electron chi connectivity index (χ3n) is 4.12. The number of rotatable bonds is 5. The van der Waals surface area contributed by atoms with E-state index in [1.165, 1.54) is 36.9 Å². The first-order valence-corrected chi connectivity index (χ1v) is 7.60. The van der Waals surface area contributed by atoms with Gasteiger partial charge in [-0.1, -0.05) is 12.1 Å². The summed E-state index contributed by atoms with van der Waals surface area (Å²) in [5.74, 6) is 1.10. The normalized spacial score (nSPS) is 22.0. The van der Waals surface area contributed by atoms with Crippen LogP contribution in [0.25, 0.3) is 0 Å². The van der Waals surface area contributed by atoms with Crippen molar-refractivity contribution in [3.63, 3.8) is 0 Å². The lowest BCUT2D eigenvalue weighted by molar-refractivity contribution is 0.288. The molecule has 1 atom stereocenters. The van der Waals surface area contributed by atoms with Crippen molar-refractivity contribution in [3.8, 4) is 5.75 Å². The van der Waals surface area contributed by atoms with Crippen LogP contribution < -0.4 is 15.4 Å². The first-order chi connectivity index (χ1) is 9.42. The van der Waals surface area contributed by atoms with Crippen LogP contribution in [0, 0.1) is 0 Å². The minimum atomic E-state index is 0.692. The molecule has 1 unspecified atom stereocenters. The van der Waals surface area contributed by atoms with Gasteiger partial charge >= 0.3 is 0 Å².